The molecule has 4 nitrogen and oxygen atoms in total. The summed E-state index contributed by atoms with van der Waals surface area (Å²) in [7, 11) is 1.80. The molecule has 0 aliphatic carbocycles. The van der Waals surface area contributed by atoms with E-state index in [2.05, 4.69) is 56.2 Å². The van der Waals surface area contributed by atoms with Gasteiger partial charge < -0.3 is 5.32 Å². The van der Waals surface area contributed by atoms with Gasteiger partial charge in [0.2, 0.25) is 0 Å². The monoisotopic (exact) mass is 340 g/mol. The fraction of sp³-hybridized carbons (Fsp3) is 0.476. The molecule has 0 atom stereocenters. The van der Waals surface area contributed by atoms with E-state index in [9.17, 15) is 0 Å². The standard InChI is InChI=1S/C21H32N4/c1-9-15(6)18(10-2)24-20(16(7)22-8)17-12-13-19(14(4)5)25-21(17)23-11-3/h9-10,12-14H,11H2,1-8H3,(H,23,25)/b15-9-,18-10+,22-16?,24-20?. The summed E-state index contributed by atoms with van der Waals surface area (Å²) >= 11 is 0. The van der Waals surface area contributed by atoms with Gasteiger partial charge in [-0.3, -0.25) is 4.99 Å². The van der Waals surface area contributed by atoms with Crippen LogP contribution in [0.4, 0.5) is 5.82 Å². The molecule has 1 rings (SSSR count). The summed E-state index contributed by atoms with van der Waals surface area (Å²) in [5, 5.41) is 3.38. The molecule has 0 aliphatic heterocycles. The van der Waals surface area contributed by atoms with E-state index in [0.29, 0.717) is 5.92 Å². The minimum absolute atomic E-state index is 0.379. The number of rotatable bonds is 7. The third-order valence-corrected chi connectivity index (χ3v) is 4.13. The molecular formula is C21H32N4. The minimum atomic E-state index is 0.379. The first kappa shape index (κ1) is 20.8. The molecule has 1 aromatic rings. The maximum atomic E-state index is 4.92. The van der Waals surface area contributed by atoms with Gasteiger partial charge in [0.1, 0.15) is 5.82 Å². The SMILES string of the molecule is C/C=C(C)\C(=C/C)N=C(C(C)=NC)c1ccc(C(C)C)nc1NCC. The summed E-state index contributed by atoms with van der Waals surface area (Å²) in [6.07, 6.45) is 4.10. The van der Waals surface area contributed by atoms with Crippen LogP contribution >= 0.6 is 0 Å². The van der Waals surface area contributed by atoms with E-state index in [-0.39, 0.29) is 0 Å². The molecule has 1 aromatic heterocycles. The maximum Gasteiger partial charge on any atom is 0.135 e. The van der Waals surface area contributed by atoms with Gasteiger partial charge in [-0.2, -0.15) is 0 Å². The summed E-state index contributed by atoms with van der Waals surface area (Å²) in [4.78, 5) is 14.1. The number of aliphatic imine (C=N–C) groups is 2. The summed E-state index contributed by atoms with van der Waals surface area (Å²) in [5.41, 5.74) is 5.90. The van der Waals surface area contributed by atoms with Gasteiger partial charge in [-0.1, -0.05) is 26.0 Å². The lowest BCUT2D eigenvalue weighted by Gasteiger charge is -2.16. The highest BCUT2D eigenvalue weighted by Gasteiger charge is 2.16. The number of anilines is 1. The van der Waals surface area contributed by atoms with Gasteiger partial charge >= 0.3 is 0 Å². The van der Waals surface area contributed by atoms with Crippen molar-refractivity contribution in [1.82, 2.24) is 4.98 Å². The van der Waals surface area contributed by atoms with E-state index in [0.717, 1.165) is 46.3 Å². The lowest BCUT2D eigenvalue weighted by Crippen LogP contribution is -2.17. The molecule has 1 N–H and O–H groups in total. The quantitative estimate of drug-likeness (QED) is 0.534. The smallest absolute Gasteiger partial charge is 0.135 e. The van der Waals surface area contributed by atoms with Crippen LogP contribution in [0.1, 0.15) is 65.6 Å². The molecule has 0 amide bonds. The average molecular weight is 341 g/mol. The van der Waals surface area contributed by atoms with Crippen LogP contribution in [0.2, 0.25) is 0 Å². The second-order valence-electron chi connectivity index (χ2n) is 6.23. The molecule has 0 spiro atoms. The third kappa shape index (κ3) is 5.38. The van der Waals surface area contributed by atoms with Crippen LogP contribution in [0.25, 0.3) is 0 Å². The summed E-state index contributed by atoms with van der Waals surface area (Å²) in [6.45, 7) is 15.3. The first-order valence-corrected chi connectivity index (χ1v) is 8.96. The summed E-state index contributed by atoms with van der Waals surface area (Å²) in [6, 6.07) is 4.18. The highest BCUT2D eigenvalue weighted by Crippen LogP contribution is 2.22. The van der Waals surface area contributed by atoms with Gasteiger partial charge in [0.15, 0.2) is 0 Å². The Morgan fingerprint density at radius 2 is 1.88 bits per heavy atom. The Labute approximate surface area is 152 Å². The lowest BCUT2D eigenvalue weighted by atomic mass is 10.0. The zero-order valence-corrected chi connectivity index (χ0v) is 16.9. The third-order valence-electron chi connectivity index (χ3n) is 4.13. The molecule has 0 aromatic carbocycles. The molecule has 0 bridgehead atoms. The van der Waals surface area contributed by atoms with Gasteiger partial charge in [0, 0.05) is 24.8 Å². The molecule has 25 heavy (non-hydrogen) atoms. The summed E-state index contributed by atoms with van der Waals surface area (Å²) in [5.74, 6) is 1.24. The average Bonchev–Trinajstić information content (AvgIpc) is 2.62. The number of aromatic nitrogens is 1. The Hall–Kier alpha value is -2.23. The van der Waals surface area contributed by atoms with Crippen LogP contribution in [-0.4, -0.2) is 30.0 Å². The van der Waals surface area contributed by atoms with E-state index in [1.165, 1.54) is 0 Å². The molecule has 0 unspecified atom stereocenters. The zero-order valence-electron chi connectivity index (χ0n) is 16.9. The number of hydrogen-bond donors (Lipinski definition) is 1. The number of allylic oxidation sites excluding steroid dienone is 3. The van der Waals surface area contributed by atoms with Crippen molar-refractivity contribution in [1.29, 1.82) is 0 Å². The summed E-state index contributed by atoms with van der Waals surface area (Å²) < 4.78 is 0. The highest BCUT2D eigenvalue weighted by atomic mass is 15.0. The molecule has 0 radical (unpaired) electrons. The van der Waals surface area contributed by atoms with Crippen LogP contribution in [-0.2, 0) is 0 Å². The van der Waals surface area contributed by atoms with E-state index >= 15 is 0 Å². The molecule has 0 fully saturated rings. The normalized spacial score (nSPS) is 14.3. The molecule has 0 saturated heterocycles. The van der Waals surface area contributed by atoms with Crippen LogP contribution < -0.4 is 5.32 Å². The van der Waals surface area contributed by atoms with E-state index in [4.69, 9.17) is 9.98 Å². The number of hydrogen-bond acceptors (Lipinski definition) is 4. The lowest BCUT2D eigenvalue weighted by molar-refractivity contribution is 0.822. The van der Waals surface area contributed by atoms with Crippen molar-refractivity contribution in [3.8, 4) is 0 Å². The molecule has 136 valence electrons. The minimum Gasteiger partial charge on any atom is -0.370 e. The second-order valence-corrected chi connectivity index (χ2v) is 6.23. The van der Waals surface area contributed by atoms with Gasteiger partial charge in [-0.25, -0.2) is 9.98 Å². The van der Waals surface area contributed by atoms with Crippen molar-refractivity contribution < 1.29 is 0 Å². The fourth-order valence-electron chi connectivity index (χ4n) is 2.38. The van der Waals surface area contributed by atoms with E-state index in [1.807, 2.05) is 26.8 Å². The molecule has 0 aliphatic rings. The van der Waals surface area contributed by atoms with Crippen molar-refractivity contribution in [3.63, 3.8) is 0 Å². The molecule has 0 saturated carbocycles. The first-order valence-electron chi connectivity index (χ1n) is 8.96. The van der Waals surface area contributed by atoms with E-state index < -0.39 is 0 Å². The Morgan fingerprint density at radius 1 is 1.20 bits per heavy atom. The first-order chi connectivity index (χ1) is 11.9. The number of nitrogens with one attached hydrogen (secondary N) is 1. The largest absolute Gasteiger partial charge is 0.370 e. The van der Waals surface area contributed by atoms with Crippen LogP contribution in [0.3, 0.4) is 0 Å². The molecular weight excluding hydrogens is 308 g/mol. The second kappa shape index (κ2) is 9.92. The van der Waals surface area contributed by atoms with E-state index in [1.54, 1.807) is 7.05 Å². The van der Waals surface area contributed by atoms with Crippen molar-refractivity contribution in [2.24, 2.45) is 9.98 Å². The van der Waals surface area contributed by atoms with Gasteiger partial charge in [-0.15, -0.1) is 0 Å². The van der Waals surface area contributed by atoms with Crippen molar-refractivity contribution in [3.05, 3.63) is 46.8 Å². The van der Waals surface area contributed by atoms with Gasteiger partial charge in [0.05, 0.1) is 17.1 Å². The van der Waals surface area contributed by atoms with Crippen molar-refractivity contribution >= 4 is 17.2 Å². The van der Waals surface area contributed by atoms with Crippen LogP contribution in [0.15, 0.2) is 45.5 Å². The zero-order chi connectivity index (χ0) is 19.0. The predicted octanol–water partition coefficient (Wildman–Crippen LogP) is 5.39. The molecule has 4 heteroatoms. The van der Waals surface area contributed by atoms with Crippen molar-refractivity contribution in [2.45, 2.75) is 54.4 Å². The Bertz CT molecular complexity index is 707. The van der Waals surface area contributed by atoms with Crippen LogP contribution in [0, 0.1) is 0 Å². The number of nitrogens with zero attached hydrogens (tertiary/aromatic N) is 3. The fourth-order valence-corrected chi connectivity index (χ4v) is 2.38. The maximum absolute atomic E-state index is 4.92. The molecule has 1 heterocycles. The predicted molar refractivity (Wildman–Crippen MR) is 111 cm³/mol. The van der Waals surface area contributed by atoms with Crippen molar-refractivity contribution in [2.75, 3.05) is 18.9 Å². The van der Waals surface area contributed by atoms with Gasteiger partial charge in [-0.05, 0) is 58.2 Å². The van der Waals surface area contributed by atoms with Gasteiger partial charge in [0.25, 0.3) is 0 Å². The Balaban J connectivity index is 3.62. The Morgan fingerprint density at radius 3 is 2.36 bits per heavy atom. The topological polar surface area (TPSA) is 49.6 Å². The number of pyridine rings is 1. The highest BCUT2D eigenvalue weighted by molar-refractivity contribution is 6.48. The Kier molecular flexibility index (Phi) is 8.26. The van der Waals surface area contributed by atoms with Crippen LogP contribution in [0.5, 0.6) is 0 Å².